The molecule has 0 unspecified atom stereocenters. The first-order valence-corrected chi connectivity index (χ1v) is 9.04. The van der Waals surface area contributed by atoms with Crippen LogP contribution >= 0.6 is 0 Å². The van der Waals surface area contributed by atoms with E-state index in [9.17, 15) is 13.2 Å². The lowest BCUT2D eigenvalue weighted by Gasteiger charge is -2.22. The summed E-state index contributed by atoms with van der Waals surface area (Å²) in [5, 5.41) is 0. The van der Waals surface area contributed by atoms with Crippen LogP contribution in [0.5, 0.6) is 0 Å². The first-order chi connectivity index (χ1) is 10.5. The first kappa shape index (κ1) is 19.6. The minimum atomic E-state index is -3.53. The van der Waals surface area contributed by atoms with Crippen molar-refractivity contribution < 1.29 is 17.9 Å². The third kappa shape index (κ3) is 7.11. The molecule has 130 valence electrons. The lowest BCUT2D eigenvalue weighted by Crippen LogP contribution is -2.38. The summed E-state index contributed by atoms with van der Waals surface area (Å²) in [6, 6.07) is 5.85. The number of nitrogens with two attached hydrogens (primary N) is 1. The Balaban J connectivity index is 2.42. The Morgan fingerprint density at radius 1 is 1.26 bits per heavy atom. The molecular weight excluding hydrogens is 316 g/mol. The van der Waals surface area contributed by atoms with Crippen molar-refractivity contribution in [3.63, 3.8) is 0 Å². The van der Waals surface area contributed by atoms with E-state index in [1.165, 1.54) is 0 Å². The predicted molar refractivity (Wildman–Crippen MR) is 89.4 cm³/mol. The van der Waals surface area contributed by atoms with Gasteiger partial charge in [0.25, 0.3) is 0 Å². The highest BCUT2D eigenvalue weighted by Crippen LogP contribution is 2.11. The molecule has 0 heterocycles. The molecule has 23 heavy (non-hydrogen) atoms. The van der Waals surface area contributed by atoms with Crippen LogP contribution in [0.25, 0.3) is 0 Å². The molecule has 0 amide bonds. The minimum Gasteiger partial charge on any atom is -0.459 e. The molecule has 0 fully saturated rings. The van der Waals surface area contributed by atoms with E-state index in [0.717, 1.165) is 5.56 Å². The molecular formula is C16H26N2O4S. The number of hydrogen-bond acceptors (Lipinski definition) is 5. The Morgan fingerprint density at radius 3 is 2.35 bits per heavy atom. The number of esters is 1. The fourth-order valence-corrected chi connectivity index (χ4v) is 2.90. The van der Waals surface area contributed by atoms with Crippen molar-refractivity contribution in [2.45, 2.75) is 57.1 Å². The number of rotatable bonds is 7. The number of hydrogen-bond donors (Lipinski definition) is 2. The monoisotopic (exact) mass is 342 g/mol. The van der Waals surface area contributed by atoms with E-state index in [4.69, 9.17) is 10.5 Å². The van der Waals surface area contributed by atoms with Crippen molar-refractivity contribution in [3.05, 3.63) is 29.8 Å². The Bertz CT molecular complexity index is 618. The highest BCUT2D eigenvalue weighted by atomic mass is 32.2. The van der Waals surface area contributed by atoms with E-state index in [1.807, 2.05) is 6.92 Å². The molecule has 1 aromatic rings. The summed E-state index contributed by atoms with van der Waals surface area (Å²) in [5.41, 5.74) is 6.16. The second-order valence-corrected chi connectivity index (χ2v) is 8.26. The van der Waals surface area contributed by atoms with Crippen LogP contribution in [-0.4, -0.2) is 32.6 Å². The molecule has 0 aliphatic carbocycles. The van der Waals surface area contributed by atoms with Gasteiger partial charge in [-0.05, 0) is 52.7 Å². The van der Waals surface area contributed by atoms with Crippen LogP contribution in [0.4, 0.5) is 0 Å². The second kappa shape index (κ2) is 7.90. The molecule has 0 spiro atoms. The number of carbonyl (C=O) groups is 1. The van der Waals surface area contributed by atoms with Gasteiger partial charge in [-0.25, -0.2) is 13.1 Å². The molecule has 0 aliphatic heterocycles. The van der Waals surface area contributed by atoms with Gasteiger partial charge in [0, 0.05) is 6.54 Å². The third-order valence-electron chi connectivity index (χ3n) is 3.02. The highest BCUT2D eigenvalue weighted by Gasteiger charge is 2.22. The molecule has 0 aromatic heterocycles. The maximum atomic E-state index is 12.1. The number of ether oxygens (including phenoxy) is 1. The molecule has 0 radical (unpaired) electrons. The van der Waals surface area contributed by atoms with E-state index in [-0.39, 0.29) is 11.4 Å². The van der Waals surface area contributed by atoms with Gasteiger partial charge >= 0.3 is 5.97 Å². The summed E-state index contributed by atoms with van der Waals surface area (Å²) >= 11 is 0. The van der Waals surface area contributed by atoms with Crippen LogP contribution in [0.1, 0.15) is 39.2 Å². The Kier molecular flexibility index (Phi) is 6.73. The topological polar surface area (TPSA) is 98.5 Å². The highest BCUT2D eigenvalue weighted by molar-refractivity contribution is 7.89. The maximum Gasteiger partial charge on any atom is 0.323 e. The fourth-order valence-electron chi connectivity index (χ4n) is 1.82. The zero-order valence-electron chi connectivity index (χ0n) is 14.1. The second-order valence-electron chi connectivity index (χ2n) is 6.49. The van der Waals surface area contributed by atoms with Gasteiger partial charge in [-0.1, -0.05) is 17.7 Å². The van der Waals surface area contributed by atoms with Crippen LogP contribution in [0, 0.1) is 6.92 Å². The lowest BCUT2D eigenvalue weighted by molar-refractivity contribution is -0.156. The van der Waals surface area contributed by atoms with E-state index in [0.29, 0.717) is 12.8 Å². The van der Waals surface area contributed by atoms with Crippen LogP contribution in [0.15, 0.2) is 29.2 Å². The van der Waals surface area contributed by atoms with Gasteiger partial charge in [0.05, 0.1) is 4.90 Å². The molecule has 1 aromatic carbocycles. The molecule has 6 nitrogen and oxygen atoms in total. The quantitative estimate of drug-likeness (QED) is 0.581. The number of nitrogens with one attached hydrogen (secondary N) is 1. The first-order valence-electron chi connectivity index (χ1n) is 7.56. The van der Waals surface area contributed by atoms with E-state index < -0.39 is 27.6 Å². The predicted octanol–water partition coefficient (Wildman–Crippen LogP) is 1.72. The zero-order chi connectivity index (χ0) is 17.7. The molecule has 0 saturated heterocycles. The molecule has 1 atom stereocenters. The lowest BCUT2D eigenvalue weighted by atomic mass is 10.1. The van der Waals surface area contributed by atoms with Crippen molar-refractivity contribution >= 4 is 16.0 Å². The van der Waals surface area contributed by atoms with Gasteiger partial charge < -0.3 is 10.5 Å². The fraction of sp³-hybridized carbons (Fsp3) is 0.562. The standard InChI is InChI=1S/C16H26N2O4S/c1-12-7-9-13(10-8-12)23(20,21)18-11-5-6-14(17)15(19)22-16(2,3)4/h7-10,14,18H,5-6,11,17H2,1-4H3/t14-/m0/s1. The van der Waals surface area contributed by atoms with E-state index >= 15 is 0 Å². The minimum absolute atomic E-state index is 0.215. The van der Waals surface area contributed by atoms with Crippen molar-refractivity contribution in [1.82, 2.24) is 4.72 Å². The van der Waals surface area contributed by atoms with Gasteiger partial charge in [0.2, 0.25) is 10.0 Å². The molecule has 7 heteroatoms. The third-order valence-corrected chi connectivity index (χ3v) is 4.50. The van der Waals surface area contributed by atoms with E-state index in [2.05, 4.69) is 4.72 Å². The van der Waals surface area contributed by atoms with Crippen LogP contribution in [0.3, 0.4) is 0 Å². The summed E-state index contributed by atoms with van der Waals surface area (Å²) in [5.74, 6) is -0.473. The number of aryl methyl sites for hydroxylation is 1. The van der Waals surface area contributed by atoms with Gasteiger partial charge in [-0.3, -0.25) is 4.79 Å². The summed E-state index contributed by atoms with van der Waals surface area (Å²) in [7, 11) is -3.53. The maximum absolute atomic E-state index is 12.1. The summed E-state index contributed by atoms with van der Waals surface area (Å²) < 4.78 is 31.8. The van der Waals surface area contributed by atoms with E-state index in [1.54, 1.807) is 45.0 Å². The summed E-state index contributed by atoms with van der Waals surface area (Å²) in [6.45, 7) is 7.42. The number of carbonyl (C=O) groups excluding carboxylic acids is 1. The van der Waals surface area contributed by atoms with Crippen molar-refractivity contribution in [2.75, 3.05) is 6.54 Å². The average molecular weight is 342 g/mol. The Labute approximate surface area is 138 Å². The smallest absolute Gasteiger partial charge is 0.323 e. The Hall–Kier alpha value is -1.44. The normalized spacial score (nSPS) is 13.6. The SMILES string of the molecule is Cc1ccc(S(=O)(=O)NCCC[C@H](N)C(=O)OC(C)(C)C)cc1. The number of sulfonamides is 1. The Morgan fingerprint density at radius 2 is 1.83 bits per heavy atom. The largest absolute Gasteiger partial charge is 0.459 e. The van der Waals surface area contributed by atoms with Crippen LogP contribution in [-0.2, 0) is 19.6 Å². The number of benzene rings is 1. The summed E-state index contributed by atoms with van der Waals surface area (Å²) in [6.07, 6.45) is 0.802. The molecule has 0 aliphatic rings. The van der Waals surface area contributed by atoms with Crippen molar-refractivity contribution in [3.8, 4) is 0 Å². The van der Waals surface area contributed by atoms with Gasteiger partial charge in [0.15, 0.2) is 0 Å². The van der Waals surface area contributed by atoms with Crippen LogP contribution in [0.2, 0.25) is 0 Å². The molecule has 1 rings (SSSR count). The molecule has 0 saturated carbocycles. The average Bonchev–Trinajstić information content (AvgIpc) is 2.42. The van der Waals surface area contributed by atoms with Crippen LogP contribution < -0.4 is 10.5 Å². The van der Waals surface area contributed by atoms with Crippen molar-refractivity contribution in [2.24, 2.45) is 5.73 Å². The molecule has 3 N–H and O–H groups in total. The van der Waals surface area contributed by atoms with Gasteiger partial charge in [-0.15, -0.1) is 0 Å². The summed E-state index contributed by atoms with van der Waals surface area (Å²) in [4.78, 5) is 11.9. The van der Waals surface area contributed by atoms with Gasteiger partial charge in [-0.2, -0.15) is 0 Å². The zero-order valence-corrected chi connectivity index (χ0v) is 14.9. The van der Waals surface area contributed by atoms with Gasteiger partial charge in [0.1, 0.15) is 11.6 Å². The van der Waals surface area contributed by atoms with Crippen molar-refractivity contribution in [1.29, 1.82) is 0 Å². The molecule has 0 bridgehead atoms.